The van der Waals surface area contributed by atoms with E-state index in [2.05, 4.69) is 65.4 Å². The normalized spacial score (nSPS) is 17.6. The minimum atomic E-state index is 0.220. The summed E-state index contributed by atoms with van der Waals surface area (Å²) in [6.07, 6.45) is 4.51. The van der Waals surface area contributed by atoms with Crippen molar-refractivity contribution >= 4 is 34.2 Å². The second-order valence-electron chi connectivity index (χ2n) is 7.92. The van der Waals surface area contributed by atoms with Crippen LogP contribution in [0.15, 0.2) is 23.4 Å². The number of nitrogens with zero attached hydrogens (tertiary/aromatic N) is 4. The maximum absolute atomic E-state index is 12.9. The third-order valence-electron chi connectivity index (χ3n) is 5.84. The Morgan fingerprint density at radius 2 is 1.96 bits per heavy atom. The SMILES string of the molecule is CCC1CCCCN1C(=O)CSc1nnc2cc(C)c3cc(C)cc(C)c3n12. The lowest BCUT2D eigenvalue weighted by Crippen LogP contribution is -2.44. The summed E-state index contributed by atoms with van der Waals surface area (Å²) in [5.74, 6) is 0.634. The zero-order valence-corrected chi connectivity index (χ0v) is 18.0. The van der Waals surface area contributed by atoms with Gasteiger partial charge >= 0.3 is 0 Å². The molecule has 1 fully saturated rings. The van der Waals surface area contributed by atoms with Crippen molar-refractivity contribution < 1.29 is 4.79 Å². The van der Waals surface area contributed by atoms with Gasteiger partial charge in [0.15, 0.2) is 10.8 Å². The van der Waals surface area contributed by atoms with Gasteiger partial charge in [0.1, 0.15) is 0 Å². The molecule has 1 aromatic carbocycles. The van der Waals surface area contributed by atoms with Crippen LogP contribution in [0.1, 0.15) is 49.3 Å². The molecule has 3 heterocycles. The van der Waals surface area contributed by atoms with Crippen LogP contribution in [-0.4, -0.2) is 43.7 Å². The van der Waals surface area contributed by atoms with E-state index in [4.69, 9.17) is 0 Å². The fraction of sp³-hybridized carbons (Fsp3) is 0.500. The van der Waals surface area contributed by atoms with Gasteiger partial charge in [-0.2, -0.15) is 0 Å². The van der Waals surface area contributed by atoms with Gasteiger partial charge in [0, 0.05) is 18.0 Å². The smallest absolute Gasteiger partial charge is 0.233 e. The number of carbonyl (C=O) groups is 1. The molecule has 1 saturated heterocycles. The van der Waals surface area contributed by atoms with Gasteiger partial charge in [-0.25, -0.2) is 0 Å². The zero-order valence-electron chi connectivity index (χ0n) is 17.2. The van der Waals surface area contributed by atoms with Crippen LogP contribution in [0, 0.1) is 20.8 Å². The summed E-state index contributed by atoms with van der Waals surface area (Å²) < 4.78 is 2.11. The molecule has 1 atom stereocenters. The Kier molecular flexibility index (Phi) is 5.32. The quantitative estimate of drug-likeness (QED) is 0.600. The molecule has 0 radical (unpaired) electrons. The van der Waals surface area contributed by atoms with Crippen molar-refractivity contribution in [2.24, 2.45) is 0 Å². The van der Waals surface area contributed by atoms with Gasteiger partial charge in [0.2, 0.25) is 5.91 Å². The number of fused-ring (bicyclic) bond motifs is 3. The Morgan fingerprint density at radius 3 is 2.75 bits per heavy atom. The number of amides is 1. The lowest BCUT2D eigenvalue weighted by molar-refractivity contribution is -0.132. The largest absolute Gasteiger partial charge is 0.339 e. The molecule has 3 aromatic rings. The predicted octanol–water partition coefficient (Wildman–Crippen LogP) is 4.69. The van der Waals surface area contributed by atoms with E-state index in [1.54, 1.807) is 0 Å². The van der Waals surface area contributed by atoms with Gasteiger partial charge in [-0.3, -0.25) is 9.20 Å². The van der Waals surface area contributed by atoms with E-state index in [0.29, 0.717) is 11.8 Å². The molecule has 28 heavy (non-hydrogen) atoms. The van der Waals surface area contributed by atoms with Crippen LogP contribution in [0.2, 0.25) is 0 Å². The summed E-state index contributed by atoms with van der Waals surface area (Å²) >= 11 is 1.50. The van der Waals surface area contributed by atoms with Crippen LogP contribution in [0.25, 0.3) is 16.6 Å². The summed E-state index contributed by atoms with van der Waals surface area (Å²) in [5.41, 5.74) is 5.65. The predicted molar refractivity (Wildman–Crippen MR) is 115 cm³/mol. The minimum Gasteiger partial charge on any atom is -0.339 e. The summed E-state index contributed by atoms with van der Waals surface area (Å²) in [6, 6.07) is 6.89. The molecule has 0 bridgehead atoms. The lowest BCUT2D eigenvalue weighted by atomic mass is 10.0. The monoisotopic (exact) mass is 396 g/mol. The van der Waals surface area contributed by atoms with Gasteiger partial charge < -0.3 is 4.90 Å². The molecular formula is C22H28N4OS. The Hall–Kier alpha value is -2.08. The summed E-state index contributed by atoms with van der Waals surface area (Å²) in [4.78, 5) is 15.0. The van der Waals surface area contributed by atoms with E-state index < -0.39 is 0 Å². The van der Waals surface area contributed by atoms with Crippen molar-refractivity contribution in [3.63, 3.8) is 0 Å². The molecule has 1 aliphatic heterocycles. The molecule has 6 heteroatoms. The number of hydrogen-bond acceptors (Lipinski definition) is 4. The molecule has 4 rings (SSSR count). The number of carbonyl (C=O) groups excluding carboxylic acids is 1. The number of aromatic nitrogens is 3. The number of thioether (sulfide) groups is 1. The van der Waals surface area contributed by atoms with Crippen LogP contribution < -0.4 is 0 Å². The topological polar surface area (TPSA) is 50.5 Å². The number of pyridine rings is 1. The Labute approximate surface area is 170 Å². The highest BCUT2D eigenvalue weighted by molar-refractivity contribution is 7.99. The lowest BCUT2D eigenvalue weighted by Gasteiger charge is -2.35. The van der Waals surface area contributed by atoms with Crippen molar-refractivity contribution in [2.75, 3.05) is 12.3 Å². The zero-order chi connectivity index (χ0) is 19.8. The first kappa shape index (κ1) is 19.2. The third kappa shape index (κ3) is 3.39. The molecule has 0 N–H and O–H groups in total. The molecule has 1 amide bonds. The Balaban J connectivity index is 1.66. The second-order valence-corrected chi connectivity index (χ2v) is 8.86. The van der Waals surface area contributed by atoms with E-state index in [9.17, 15) is 4.79 Å². The number of aryl methyl sites for hydroxylation is 3. The maximum atomic E-state index is 12.9. The van der Waals surface area contributed by atoms with E-state index in [1.165, 1.54) is 40.3 Å². The first-order valence-electron chi connectivity index (χ1n) is 10.2. The number of rotatable bonds is 4. The standard InChI is InChI=1S/C22H28N4OS/c1-5-17-8-6-7-9-25(17)20(27)13-28-22-24-23-19-12-15(3)18-11-14(2)10-16(4)21(18)26(19)22/h10-12,17H,5-9,13H2,1-4H3. The average molecular weight is 397 g/mol. The summed E-state index contributed by atoms with van der Waals surface area (Å²) in [7, 11) is 0. The van der Waals surface area contributed by atoms with E-state index in [-0.39, 0.29) is 5.91 Å². The molecule has 1 aliphatic rings. The first-order chi connectivity index (χ1) is 13.5. The highest BCUT2D eigenvalue weighted by Gasteiger charge is 2.25. The van der Waals surface area contributed by atoms with Gasteiger partial charge in [-0.15, -0.1) is 10.2 Å². The van der Waals surface area contributed by atoms with Crippen LogP contribution in [0.4, 0.5) is 0 Å². The number of likely N-dealkylation sites (tertiary alicyclic amines) is 1. The molecule has 0 aliphatic carbocycles. The highest BCUT2D eigenvalue weighted by atomic mass is 32.2. The molecule has 2 aromatic heterocycles. The Morgan fingerprint density at radius 1 is 1.14 bits per heavy atom. The molecule has 0 saturated carbocycles. The van der Waals surface area contributed by atoms with Gasteiger partial charge in [0.25, 0.3) is 0 Å². The fourth-order valence-corrected chi connectivity index (χ4v) is 5.30. The highest BCUT2D eigenvalue weighted by Crippen LogP contribution is 2.29. The van der Waals surface area contributed by atoms with E-state index in [0.717, 1.165) is 42.1 Å². The summed E-state index contributed by atoms with van der Waals surface area (Å²) in [6.45, 7) is 9.44. The Bertz CT molecular complexity index is 1040. The van der Waals surface area contributed by atoms with Crippen LogP contribution in [0.5, 0.6) is 0 Å². The van der Waals surface area contributed by atoms with Gasteiger partial charge in [-0.1, -0.05) is 30.3 Å². The third-order valence-corrected chi connectivity index (χ3v) is 6.75. The van der Waals surface area contributed by atoms with Gasteiger partial charge in [-0.05, 0) is 69.7 Å². The molecule has 5 nitrogen and oxygen atoms in total. The number of piperidine rings is 1. The van der Waals surface area contributed by atoms with Crippen molar-refractivity contribution in [3.05, 3.63) is 34.9 Å². The van der Waals surface area contributed by atoms with Gasteiger partial charge in [0.05, 0.1) is 11.3 Å². The van der Waals surface area contributed by atoms with Crippen molar-refractivity contribution in [2.45, 2.75) is 64.6 Å². The second kappa shape index (κ2) is 7.74. The number of hydrogen-bond donors (Lipinski definition) is 0. The molecule has 1 unspecified atom stereocenters. The molecule has 148 valence electrons. The van der Waals surface area contributed by atoms with Crippen molar-refractivity contribution in [3.8, 4) is 0 Å². The average Bonchev–Trinajstić information content (AvgIpc) is 3.08. The fourth-order valence-electron chi connectivity index (χ4n) is 4.47. The van der Waals surface area contributed by atoms with Crippen LogP contribution in [0.3, 0.4) is 0 Å². The molecule has 0 spiro atoms. The number of benzene rings is 1. The summed E-state index contributed by atoms with van der Waals surface area (Å²) in [5, 5.41) is 10.8. The van der Waals surface area contributed by atoms with Crippen molar-refractivity contribution in [1.82, 2.24) is 19.5 Å². The van der Waals surface area contributed by atoms with Crippen LogP contribution in [-0.2, 0) is 4.79 Å². The maximum Gasteiger partial charge on any atom is 0.233 e. The first-order valence-corrected chi connectivity index (χ1v) is 11.2. The van der Waals surface area contributed by atoms with Crippen molar-refractivity contribution in [1.29, 1.82) is 0 Å². The van der Waals surface area contributed by atoms with Crippen LogP contribution >= 0.6 is 11.8 Å². The minimum absolute atomic E-state index is 0.220. The van der Waals surface area contributed by atoms with E-state index >= 15 is 0 Å². The van der Waals surface area contributed by atoms with E-state index in [1.807, 2.05) is 0 Å². The molecular weight excluding hydrogens is 368 g/mol.